The van der Waals surface area contributed by atoms with Crippen molar-refractivity contribution < 1.29 is 4.57 Å². The molecular formula is C40H71N2+. The van der Waals surface area contributed by atoms with Crippen LogP contribution in [-0.2, 0) is 13.0 Å². The number of aromatic nitrogens is 2. The molecule has 0 aliphatic heterocycles. The van der Waals surface area contributed by atoms with Gasteiger partial charge >= 0.3 is 0 Å². The number of unbranched alkanes of at least 4 members (excludes halogenated alkanes) is 21. The SMILES string of the molecule is CCCCCCCCCCCCCC[C@H](CCCCCCCCCCCCC)c1[nH]cc[n+]1CCCc1ccccc1. The molecule has 0 aliphatic rings. The van der Waals surface area contributed by atoms with E-state index in [1.807, 2.05) is 0 Å². The maximum absolute atomic E-state index is 3.70. The molecule has 1 aromatic heterocycles. The van der Waals surface area contributed by atoms with Crippen molar-refractivity contribution >= 4 is 0 Å². The molecule has 2 nitrogen and oxygen atoms in total. The minimum atomic E-state index is 0.693. The summed E-state index contributed by atoms with van der Waals surface area (Å²) in [4.78, 5) is 3.70. The average Bonchev–Trinajstić information content (AvgIpc) is 3.48. The van der Waals surface area contributed by atoms with Gasteiger partial charge in [0.15, 0.2) is 0 Å². The van der Waals surface area contributed by atoms with E-state index >= 15 is 0 Å². The number of nitrogens with zero attached hydrogens (tertiary/aromatic N) is 1. The van der Waals surface area contributed by atoms with E-state index in [9.17, 15) is 0 Å². The molecule has 1 aromatic carbocycles. The lowest BCUT2D eigenvalue weighted by Gasteiger charge is -2.14. The molecule has 0 saturated carbocycles. The van der Waals surface area contributed by atoms with Gasteiger partial charge in [0.05, 0.1) is 12.5 Å². The molecule has 1 N–H and O–H groups in total. The summed E-state index contributed by atoms with van der Waals surface area (Å²) in [5.41, 5.74) is 1.46. The number of aromatic amines is 1. The number of hydrogen-bond donors (Lipinski definition) is 1. The van der Waals surface area contributed by atoms with Gasteiger partial charge in [0.1, 0.15) is 12.4 Å². The topological polar surface area (TPSA) is 19.7 Å². The van der Waals surface area contributed by atoms with E-state index in [0.717, 1.165) is 6.54 Å². The van der Waals surface area contributed by atoms with Crippen LogP contribution in [0.5, 0.6) is 0 Å². The highest BCUT2D eigenvalue weighted by Crippen LogP contribution is 2.26. The maximum atomic E-state index is 3.70. The average molecular weight is 580 g/mol. The van der Waals surface area contributed by atoms with Crippen LogP contribution in [0.1, 0.15) is 198 Å². The van der Waals surface area contributed by atoms with Crippen LogP contribution in [0.3, 0.4) is 0 Å². The molecule has 0 radical (unpaired) electrons. The molecule has 1 heterocycles. The molecule has 0 amide bonds. The van der Waals surface area contributed by atoms with Gasteiger partial charge in [0.25, 0.3) is 5.82 Å². The Labute approximate surface area is 262 Å². The van der Waals surface area contributed by atoms with Crippen molar-refractivity contribution in [3.8, 4) is 0 Å². The monoisotopic (exact) mass is 580 g/mol. The lowest BCUT2D eigenvalue weighted by atomic mass is 9.93. The second-order valence-electron chi connectivity index (χ2n) is 13.3. The highest BCUT2D eigenvalue weighted by Gasteiger charge is 2.22. The second kappa shape index (κ2) is 27.0. The molecule has 0 unspecified atom stereocenters. The predicted molar refractivity (Wildman–Crippen MR) is 185 cm³/mol. The normalized spacial score (nSPS) is 12.2. The lowest BCUT2D eigenvalue weighted by Crippen LogP contribution is -2.37. The van der Waals surface area contributed by atoms with Gasteiger partial charge in [-0.3, -0.25) is 0 Å². The lowest BCUT2D eigenvalue weighted by molar-refractivity contribution is -0.704. The zero-order chi connectivity index (χ0) is 29.8. The number of rotatable bonds is 30. The quantitative estimate of drug-likeness (QED) is 0.0701. The van der Waals surface area contributed by atoms with Gasteiger partial charge in [-0.05, 0) is 31.2 Å². The van der Waals surface area contributed by atoms with Crippen molar-refractivity contribution in [3.63, 3.8) is 0 Å². The molecule has 2 aromatic rings. The first-order chi connectivity index (χ1) is 20.8. The number of benzene rings is 1. The van der Waals surface area contributed by atoms with Crippen LogP contribution in [-0.4, -0.2) is 4.98 Å². The predicted octanol–water partition coefficient (Wildman–Crippen LogP) is 12.8. The van der Waals surface area contributed by atoms with E-state index in [0.29, 0.717) is 5.92 Å². The minimum absolute atomic E-state index is 0.693. The van der Waals surface area contributed by atoms with Crippen LogP contribution in [0, 0.1) is 0 Å². The Bertz CT molecular complexity index is 810. The second-order valence-corrected chi connectivity index (χ2v) is 13.3. The highest BCUT2D eigenvalue weighted by molar-refractivity contribution is 5.14. The van der Waals surface area contributed by atoms with Crippen LogP contribution >= 0.6 is 0 Å². The molecule has 0 bridgehead atoms. The highest BCUT2D eigenvalue weighted by atomic mass is 15.1. The van der Waals surface area contributed by atoms with E-state index in [2.05, 4.69) is 66.1 Å². The summed E-state index contributed by atoms with van der Waals surface area (Å²) in [6.45, 7) is 5.75. The fourth-order valence-electron chi connectivity index (χ4n) is 6.73. The van der Waals surface area contributed by atoms with E-state index in [-0.39, 0.29) is 0 Å². The Morgan fingerprint density at radius 3 is 1.40 bits per heavy atom. The summed E-state index contributed by atoms with van der Waals surface area (Å²) < 4.78 is 2.55. The van der Waals surface area contributed by atoms with Crippen molar-refractivity contribution in [1.82, 2.24) is 4.98 Å². The molecule has 1 atom stereocenters. The number of imidazole rings is 1. The van der Waals surface area contributed by atoms with Gasteiger partial charge in [-0.15, -0.1) is 0 Å². The first kappa shape index (κ1) is 36.6. The van der Waals surface area contributed by atoms with Crippen molar-refractivity contribution in [2.45, 2.75) is 200 Å². The fraction of sp³-hybridized carbons (Fsp3) is 0.775. The number of hydrogen-bond acceptors (Lipinski definition) is 0. The molecule has 2 rings (SSSR count). The molecule has 42 heavy (non-hydrogen) atoms. The van der Waals surface area contributed by atoms with Crippen LogP contribution in [0.25, 0.3) is 0 Å². The van der Waals surface area contributed by atoms with E-state index in [1.54, 1.807) is 0 Å². The summed E-state index contributed by atoms with van der Waals surface area (Å²) in [6.07, 6.45) is 42.5. The first-order valence-electron chi connectivity index (χ1n) is 19.0. The number of H-pyrrole nitrogens is 1. The van der Waals surface area contributed by atoms with Gasteiger partial charge in [-0.2, -0.15) is 0 Å². The van der Waals surface area contributed by atoms with Crippen LogP contribution in [0.4, 0.5) is 0 Å². The van der Waals surface area contributed by atoms with Gasteiger partial charge in [-0.25, -0.2) is 9.55 Å². The fourth-order valence-corrected chi connectivity index (χ4v) is 6.73. The van der Waals surface area contributed by atoms with E-state index < -0.39 is 0 Å². The van der Waals surface area contributed by atoms with E-state index in [4.69, 9.17) is 0 Å². The van der Waals surface area contributed by atoms with Crippen LogP contribution in [0.15, 0.2) is 42.7 Å². The molecule has 0 aliphatic carbocycles. The van der Waals surface area contributed by atoms with Crippen molar-refractivity contribution in [1.29, 1.82) is 0 Å². The smallest absolute Gasteiger partial charge is 0.247 e. The zero-order valence-electron chi connectivity index (χ0n) is 28.4. The summed E-state index contributed by atoms with van der Waals surface area (Å²) in [7, 11) is 0. The molecule has 0 spiro atoms. The van der Waals surface area contributed by atoms with Crippen LogP contribution < -0.4 is 4.57 Å². The summed E-state index contributed by atoms with van der Waals surface area (Å²) >= 11 is 0. The summed E-state index contributed by atoms with van der Waals surface area (Å²) in [5, 5.41) is 0. The third-order valence-electron chi connectivity index (χ3n) is 9.45. The standard InChI is InChI=1S/C40H70N2/c1-3-5-7-9-11-13-15-17-19-21-23-28-34-39(33-27-22-20-18-16-14-12-10-8-6-4-2)40-41-35-37-42(40)36-29-32-38-30-25-24-26-31-38/h24-26,30-31,35,37,39H,3-23,27-29,32-34,36H2,1-2H3/p+1/t39-/m0/s1. The first-order valence-corrected chi connectivity index (χ1v) is 19.0. The van der Waals surface area contributed by atoms with Gasteiger partial charge < -0.3 is 0 Å². The maximum Gasteiger partial charge on any atom is 0.257 e. The molecule has 240 valence electrons. The minimum Gasteiger partial charge on any atom is -0.247 e. The third-order valence-corrected chi connectivity index (χ3v) is 9.45. The Morgan fingerprint density at radius 2 is 0.952 bits per heavy atom. The van der Waals surface area contributed by atoms with Crippen LogP contribution in [0.2, 0.25) is 0 Å². The van der Waals surface area contributed by atoms with Gasteiger partial charge in [-0.1, -0.05) is 192 Å². The van der Waals surface area contributed by atoms with Gasteiger partial charge in [0.2, 0.25) is 0 Å². The molecular weight excluding hydrogens is 508 g/mol. The van der Waals surface area contributed by atoms with Crippen molar-refractivity contribution in [2.24, 2.45) is 0 Å². The Hall–Kier alpha value is -1.57. The number of aryl methyl sites for hydroxylation is 2. The molecule has 2 heteroatoms. The zero-order valence-corrected chi connectivity index (χ0v) is 28.4. The van der Waals surface area contributed by atoms with Gasteiger partial charge in [0, 0.05) is 0 Å². The Kier molecular flexibility index (Phi) is 23.6. The summed E-state index contributed by atoms with van der Waals surface area (Å²) in [6, 6.07) is 11.0. The number of nitrogens with one attached hydrogen (secondary N) is 1. The van der Waals surface area contributed by atoms with Crippen molar-refractivity contribution in [3.05, 3.63) is 54.1 Å². The molecule has 0 fully saturated rings. The molecule has 0 saturated heterocycles. The third kappa shape index (κ3) is 18.9. The summed E-state index contributed by atoms with van der Waals surface area (Å²) in [5.74, 6) is 2.19. The Morgan fingerprint density at radius 1 is 0.524 bits per heavy atom. The van der Waals surface area contributed by atoms with E-state index in [1.165, 1.54) is 185 Å². The largest absolute Gasteiger partial charge is 0.257 e. The Balaban J connectivity index is 1.68. The van der Waals surface area contributed by atoms with Crippen molar-refractivity contribution in [2.75, 3.05) is 0 Å².